The maximum Gasteiger partial charge on any atom is 0.343 e. The van der Waals surface area contributed by atoms with Crippen LogP contribution in [0.1, 0.15) is 33.2 Å². The van der Waals surface area contributed by atoms with Gasteiger partial charge in [-0.25, -0.2) is 18.6 Å². The molecule has 12 heteroatoms. The van der Waals surface area contributed by atoms with Crippen LogP contribution in [0.15, 0.2) is 101 Å². The highest BCUT2D eigenvalue weighted by molar-refractivity contribution is 7.92. The largest absolute Gasteiger partial charge is 0.490 e. The van der Waals surface area contributed by atoms with Gasteiger partial charge in [-0.05, 0) is 91.3 Å². The number of amides is 1. The Hall–Kier alpha value is -4.38. The molecule has 4 aromatic rings. The minimum absolute atomic E-state index is 0.0115. The molecule has 0 aromatic heterocycles. The van der Waals surface area contributed by atoms with Crippen LogP contribution in [0.4, 0.5) is 5.69 Å². The lowest BCUT2D eigenvalue weighted by Crippen LogP contribution is -2.21. The van der Waals surface area contributed by atoms with Crippen molar-refractivity contribution in [3.63, 3.8) is 0 Å². The fourth-order valence-electron chi connectivity index (χ4n) is 3.52. The minimum Gasteiger partial charge on any atom is -0.490 e. The van der Waals surface area contributed by atoms with Gasteiger partial charge >= 0.3 is 5.97 Å². The second kappa shape index (κ2) is 13.3. The standard InChI is InChI=1S/C29H23Cl2N3O6S/c1-2-39-27-17-19(7-16-26(27)40-29(36)20-8-10-21(30)11-9-20)18-32-33-28(35)24-5-3-4-6-25(24)34-41(37,38)23-14-12-22(31)13-15-23/h3-18,34H,2H2,1H3,(H,33,35)/b32-18-. The van der Waals surface area contributed by atoms with E-state index in [0.717, 1.165) is 0 Å². The van der Waals surface area contributed by atoms with Gasteiger partial charge in [0.25, 0.3) is 15.9 Å². The van der Waals surface area contributed by atoms with Gasteiger partial charge in [0.2, 0.25) is 0 Å². The van der Waals surface area contributed by atoms with E-state index in [4.69, 9.17) is 32.7 Å². The first-order valence-corrected chi connectivity index (χ1v) is 14.4. The van der Waals surface area contributed by atoms with Gasteiger partial charge in [0.15, 0.2) is 11.5 Å². The molecule has 4 aromatic carbocycles. The number of halogens is 2. The molecule has 0 radical (unpaired) electrons. The van der Waals surface area contributed by atoms with Crippen molar-refractivity contribution in [2.45, 2.75) is 11.8 Å². The first-order chi connectivity index (χ1) is 19.7. The Morgan fingerprint density at radius 3 is 2.22 bits per heavy atom. The summed E-state index contributed by atoms with van der Waals surface area (Å²) in [7, 11) is -3.98. The summed E-state index contributed by atoms with van der Waals surface area (Å²) in [6.07, 6.45) is 1.37. The zero-order chi connectivity index (χ0) is 29.4. The summed E-state index contributed by atoms with van der Waals surface area (Å²) in [5, 5.41) is 4.87. The number of hydrogen-bond donors (Lipinski definition) is 2. The number of benzene rings is 4. The minimum atomic E-state index is -3.98. The Morgan fingerprint density at radius 2 is 1.54 bits per heavy atom. The summed E-state index contributed by atoms with van der Waals surface area (Å²) >= 11 is 11.7. The number of hydrazone groups is 1. The maximum absolute atomic E-state index is 12.9. The lowest BCUT2D eigenvalue weighted by Gasteiger charge is -2.12. The lowest BCUT2D eigenvalue weighted by atomic mass is 10.2. The van der Waals surface area contributed by atoms with Crippen molar-refractivity contribution in [3.05, 3.63) is 118 Å². The number of nitrogens with zero attached hydrogens (tertiary/aromatic N) is 1. The van der Waals surface area contributed by atoms with Gasteiger partial charge in [-0.3, -0.25) is 9.52 Å². The average molecular weight is 612 g/mol. The third-order valence-electron chi connectivity index (χ3n) is 5.47. The van der Waals surface area contributed by atoms with E-state index in [2.05, 4.69) is 15.2 Å². The van der Waals surface area contributed by atoms with Crippen LogP contribution in [-0.4, -0.2) is 33.1 Å². The molecule has 4 rings (SSSR count). The van der Waals surface area contributed by atoms with E-state index in [1.807, 2.05) is 0 Å². The average Bonchev–Trinajstić information content (AvgIpc) is 2.95. The van der Waals surface area contributed by atoms with E-state index in [1.54, 1.807) is 61.5 Å². The van der Waals surface area contributed by atoms with Gasteiger partial charge in [0, 0.05) is 10.0 Å². The molecule has 0 unspecified atom stereocenters. The van der Waals surface area contributed by atoms with Gasteiger partial charge in [0.1, 0.15) is 0 Å². The molecule has 0 aliphatic carbocycles. The zero-order valence-electron chi connectivity index (χ0n) is 21.5. The highest BCUT2D eigenvalue weighted by Crippen LogP contribution is 2.29. The summed E-state index contributed by atoms with van der Waals surface area (Å²) in [6.45, 7) is 2.09. The number of carbonyl (C=O) groups is 2. The van der Waals surface area contributed by atoms with Crippen molar-refractivity contribution in [1.82, 2.24) is 5.43 Å². The highest BCUT2D eigenvalue weighted by Gasteiger charge is 2.19. The SMILES string of the molecule is CCOc1cc(/C=N\NC(=O)c2ccccc2NS(=O)(=O)c2ccc(Cl)cc2)ccc1OC(=O)c1ccc(Cl)cc1. The van der Waals surface area contributed by atoms with Crippen molar-refractivity contribution in [2.24, 2.45) is 5.10 Å². The van der Waals surface area contributed by atoms with Crippen molar-refractivity contribution < 1.29 is 27.5 Å². The first kappa shape index (κ1) is 29.6. The number of rotatable bonds is 10. The van der Waals surface area contributed by atoms with E-state index in [1.165, 1.54) is 42.6 Å². The summed E-state index contributed by atoms with van der Waals surface area (Å²) in [6, 6.07) is 22.8. The number of anilines is 1. The molecular formula is C29H23Cl2N3O6S. The molecule has 0 saturated carbocycles. The number of ether oxygens (including phenoxy) is 2. The van der Waals surface area contributed by atoms with Gasteiger partial charge < -0.3 is 9.47 Å². The van der Waals surface area contributed by atoms with Crippen molar-refractivity contribution in [1.29, 1.82) is 0 Å². The molecule has 0 fully saturated rings. The summed E-state index contributed by atoms with van der Waals surface area (Å²) in [4.78, 5) is 25.4. The molecular weight excluding hydrogens is 589 g/mol. The van der Waals surface area contributed by atoms with Crippen LogP contribution >= 0.6 is 23.2 Å². The number of para-hydroxylation sites is 1. The lowest BCUT2D eigenvalue weighted by molar-refractivity contribution is 0.0728. The zero-order valence-corrected chi connectivity index (χ0v) is 23.8. The predicted molar refractivity (Wildman–Crippen MR) is 158 cm³/mol. The number of esters is 1. The second-order valence-corrected chi connectivity index (χ2v) is 10.9. The summed E-state index contributed by atoms with van der Waals surface area (Å²) < 4.78 is 39.1. The van der Waals surface area contributed by atoms with E-state index in [9.17, 15) is 18.0 Å². The Morgan fingerprint density at radius 1 is 0.878 bits per heavy atom. The summed E-state index contributed by atoms with van der Waals surface area (Å²) in [5.74, 6) is -0.724. The number of hydrogen-bond acceptors (Lipinski definition) is 7. The van der Waals surface area contributed by atoms with Crippen LogP contribution in [-0.2, 0) is 10.0 Å². The van der Waals surface area contributed by atoms with E-state index >= 15 is 0 Å². The quantitative estimate of drug-likeness (QED) is 0.0955. The van der Waals surface area contributed by atoms with E-state index < -0.39 is 21.9 Å². The fraction of sp³-hybridized carbons (Fsp3) is 0.0690. The van der Waals surface area contributed by atoms with Crippen LogP contribution in [0.2, 0.25) is 10.0 Å². The number of nitrogens with one attached hydrogen (secondary N) is 2. The van der Waals surface area contributed by atoms with Gasteiger partial charge in [-0.15, -0.1) is 0 Å². The summed E-state index contributed by atoms with van der Waals surface area (Å²) in [5.41, 5.74) is 3.37. The molecule has 0 aliphatic rings. The molecule has 0 saturated heterocycles. The van der Waals surface area contributed by atoms with Crippen LogP contribution in [0.25, 0.3) is 0 Å². The van der Waals surface area contributed by atoms with E-state index in [0.29, 0.717) is 33.5 Å². The number of carbonyl (C=O) groups excluding carboxylic acids is 2. The topological polar surface area (TPSA) is 123 Å². The fourth-order valence-corrected chi connectivity index (χ4v) is 4.85. The van der Waals surface area contributed by atoms with Crippen LogP contribution in [0, 0.1) is 0 Å². The Bertz CT molecular complexity index is 1690. The highest BCUT2D eigenvalue weighted by atomic mass is 35.5. The predicted octanol–water partition coefficient (Wildman–Crippen LogP) is 6.18. The molecule has 2 N–H and O–H groups in total. The molecule has 0 bridgehead atoms. The molecule has 41 heavy (non-hydrogen) atoms. The van der Waals surface area contributed by atoms with Crippen molar-refractivity contribution in [2.75, 3.05) is 11.3 Å². The third-order valence-corrected chi connectivity index (χ3v) is 7.36. The van der Waals surface area contributed by atoms with Crippen molar-refractivity contribution in [3.8, 4) is 11.5 Å². The molecule has 0 aliphatic heterocycles. The smallest absolute Gasteiger partial charge is 0.343 e. The Kier molecular flexibility index (Phi) is 9.61. The Labute approximate surface area is 246 Å². The van der Waals surface area contributed by atoms with Gasteiger partial charge in [-0.2, -0.15) is 5.10 Å². The third kappa shape index (κ3) is 7.85. The van der Waals surface area contributed by atoms with Gasteiger partial charge in [-0.1, -0.05) is 35.3 Å². The van der Waals surface area contributed by atoms with Gasteiger partial charge in [0.05, 0.1) is 34.5 Å². The first-order valence-electron chi connectivity index (χ1n) is 12.1. The monoisotopic (exact) mass is 611 g/mol. The van der Waals surface area contributed by atoms with Crippen molar-refractivity contribution >= 4 is 57.0 Å². The van der Waals surface area contributed by atoms with Crippen LogP contribution in [0.5, 0.6) is 11.5 Å². The number of sulfonamides is 1. The molecule has 9 nitrogen and oxygen atoms in total. The molecule has 210 valence electrons. The Balaban J connectivity index is 1.46. The van der Waals surface area contributed by atoms with E-state index in [-0.39, 0.29) is 21.9 Å². The maximum atomic E-state index is 12.9. The molecule has 0 heterocycles. The normalized spacial score (nSPS) is 11.2. The second-order valence-electron chi connectivity index (χ2n) is 8.34. The molecule has 0 atom stereocenters. The molecule has 1 amide bonds. The van der Waals surface area contributed by atoms with Crippen LogP contribution < -0.4 is 19.6 Å². The molecule has 0 spiro atoms. The van der Waals surface area contributed by atoms with Crippen LogP contribution in [0.3, 0.4) is 0 Å².